The molecule has 0 amide bonds. The van der Waals surface area contributed by atoms with E-state index < -0.39 is 0 Å². The molecule has 22 heavy (non-hydrogen) atoms. The summed E-state index contributed by atoms with van der Waals surface area (Å²) >= 11 is 1.99. The molecule has 0 saturated carbocycles. The van der Waals surface area contributed by atoms with Crippen LogP contribution in [-0.2, 0) is 0 Å². The number of rotatable bonds is 2. The van der Waals surface area contributed by atoms with Crippen molar-refractivity contribution in [3.8, 4) is 11.1 Å². The van der Waals surface area contributed by atoms with Gasteiger partial charge in [0.2, 0.25) is 0 Å². The fourth-order valence-electron chi connectivity index (χ4n) is 2.83. The molecule has 3 aromatic rings. The second-order valence-electron chi connectivity index (χ2n) is 5.33. The predicted octanol–water partition coefficient (Wildman–Crippen LogP) is 2.76. The van der Waals surface area contributed by atoms with Crippen LogP contribution >= 0.6 is 11.8 Å². The van der Waals surface area contributed by atoms with E-state index in [0.717, 1.165) is 46.9 Å². The minimum atomic E-state index is 0.571. The molecule has 6 heteroatoms. The number of nitrogens with zero attached hydrogens (tertiary/aromatic N) is 3. The summed E-state index contributed by atoms with van der Waals surface area (Å²) in [6, 6.07) is 12.4. The molecule has 3 N–H and O–H groups in total. The summed E-state index contributed by atoms with van der Waals surface area (Å²) in [4.78, 5) is 7.03. The molecule has 4 rings (SSSR count). The molecule has 0 aliphatic carbocycles. The van der Waals surface area contributed by atoms with E-state index >= 15 is 0 Å². The molecule has 0 radical (unpaired) electrons. The number of nitrogens with two attached hydrogens (primary N) is 1. The fraction of sp³-hybridized carbons (Fsp3) is 0.250. The number of fused-ring (bicyclic) bond motifs is 1. The van der Waals surface area contributed by atoms with E-state index in [1.54, 1.807) is 0 Å². The molecule has 1 aliphatic rings. The Hall–Kier alpha value is -2.21. The van der Waals surface area contributed by atoms with Gasteiger partial charge < -0.3 is 10.6 Å². The first kappa shape index (κ1) is 13.5. The van der Waals surface area contributed by atoms with Crippen molar-refractivity contribution < 1.29 is 0 Å². The molecular weight excluding hydrogens is 294 g/mol. The highest BCUT2D eigenvalue weighted by molar-refractivity contribution is 7.99. The van der Waals surface area contributed by atoms with Crippen LogP contribution in [0.5, 0.6) is 0 Å². The van der Waals surface area contributed by atoms with Crippen LogP contribution in [0.3, 0.4) is 0 Å². The topological polar surface area (TPSA) is 70.8 Å². The van der Waals surface area contributed by atoms with Crippen molar-refractivity contribution in [1.29, 1.82) is 0 Å². The average Bonchev–Trinajstić information content (AvgIpc) is 2.97. The van der Waals surface area contributed by atoms with Gasteiger partial charge in [-0.15, -0.1) is 0 Å². The summed E-state index contributed by atoms with van der Waals surface area (Å²) in [7, 11) is 0. The lowest BCUT2D eigenvalue weighted by molar-refractivity contribution is 0.841. The van der Waals surface area contributed by atoms with E-state index in [0.29, 0.717) is 11.5 Å². The van der Waals surface area contributed by atoms with Crippen LogP contribution in [0.4, 0.5) is 11.6 Å². The zero-order chi connectivity index (χ0) is 14.9. The Balaban J connectivity index is 1.90. The number of anilines is 2. The van der Waals surface area contributed by atoms with E-state index in [1.807, 2.05) is 30.0 Å². The number of pyridine rings is 1. The maximum Gasteiger partial charge on any atom is 0.185 e. The summed E-state index contributed by atoms with van der Waals surface area (Å²) < 4.78 is 0. The number of aromatic nitrogens is 3. The number of hydrogen-bond acceptors (Lipinski definition) is 5. The van der Waals surface area contributed by atoms with E-state index in [-0.39, 0.29) is 0 Å². The lowest BCUT2D eigenvalue weighted by atomic mass is 10.0. The van der Waals surface area contributed by atoms with Crippen molar-refractivity contribution in [1.82, 2.24) is 15.2 Å². The minimum Gasteiger partial charge on any atom is -0.383 e. The molecule has 0 spiro atoms. The quantitative estimate of drug-likeness (QED) is 0.761. The van der Waals surface area contributed by atoms with Crippen LogP contribution in [-0.4, -0.2) is 39.8 Å². The first-order valence-corrected chi connectivity index (χ1v) is 8.51. The molecule has 5 nitrogen and oxygen atoms in total. The Bertz CT molecular complexity index is 793. The molecule has 0 bridgehead atoms. The lowest BCUT2D eigenvalue weighted by Gasteiger charge is -2.27. The largest absolute Gasteiger partial charge is 0.383 e. The summed E-state index contributed by atoms with van der Waals surface area (Å²) in [5.41, 5.74) is 8.98. The van der Waals surface area contributed by atoms with Crippen LogP contribution in [0, 0.1) is 0 Å². The third-order valence-corrected chi connectivity index (χ3v) is 4.90. The SMILES string of the molecule is Nc1[nH]nc2nc(N3CCSCC3)cc(-c3ccccc3)c12. The predicted molar refractivity (Wildman–Crippen MR) is 93.3 cm³/mol. The van der Waals surface area contributed by atoms with Crippen molar-refractivity contribution in [2.45, 2.75) is 0 Å². The average molecular weight is 311 g/mol. The lowest BCUT2D eigenvalue weighted by Crippen LogP contribution is -2.33. The third-order valence-electron chi connectivity index (χ3n) is 3.96. The molecule has 2 aromatic heterocycles. The van der Waals surface area contributed by atoms with Crippen molar-refractivity contribution in [3.05, 3.63) is 36.4 Å². The van der Waals surface area contributed by atoms with Gasteiger partial charge in [-0.3, -0.25) is 5.10 Å². The number of nitrogen functional groups attached to an aromatic ring is 1. The normalized spacial score (nSPS) is 15.4. The van der Waals surface area contributed by atoms with Crippen molar-refractivity contribution in [2.75, 3.05) is 35.2 Å². The van der Waals surface area contributed by atoms with Crippen molar-refractivity contribution in [2.24, 2.45) is 0 Å². The van der Waals surface area contributed by atoms with E-state index in [4.69, 9.17) is 10.7 Å². The number of benzene rings is 1. The smallest absolute Gasteiger partial charge is 0.185 e. The van der Waals surface area contributed by atoms with Gasteiger partial charge in [0.05, 0.1) is 5.39 Å². The minimum absolute atomic E-state index is 0.571. The van der Waals surface area contributed by atoms with Gasteiger partial charge in [0, 0.05) is 30.2 Å². The maximum atomic E-state index is 6.07. The van der Waals surface area contributed by atoms with Gasteiger partial charge in [-0.1, -0.05) is 30.3 Å². The number of aromatic amines is 1. The Morgan fingerprint density at radius 2 is 1.91 bits per heavy atom. The number of nitrogens with one attached hydrogen (secondary N) is 1. The standard InChI is InChI=1S/C16H17N5S/c17-15-14-12(11-4-2-1-3-5-11)10-13(18-16(14)20-19-15)21-6-8-22-9-7-21/h1-5,10H,6-9H2,(H3,17,18,19,20). The Morgan fingerprint density at radius 3 is 2.68 bits per heavy atom. The van der Waals surface area contributed by atoms with Crippen LogP contribution in [0.1, 0.15) is 0 Å². The molecule has 1 fully saturated rings. The van der Waals surface area contributed by atoms with Crippen LogP contribution in [0.15, 0.2) is 36.4 Å². The molecular formula is C16H17N5S. The molecule has 1 aliphatic heterocycles. The van der Waals surface area contributed by atoms with Gasteiger partial charge >= 0.3 is 0 Å². The number of thioether (sulfide) groups is 1. The first-order chi connectivity index (χ1) is 10.8. The Kier molecular flexibility index (Phi) is 3.38. The molecule has 1 saturated heterocycles. The summed E-state index contributed by atoms with van der Waals surface area (Å²) in [6.45, 7) is 2.05. The summed E-state index contributed by atoms with van der Waals surface area (Å²) in [5, 5.41) is 8.03. The Labute approximate surface area is 132 Å². The zero-order valence-corrected chi connectivity index (χ0v) is 12.9. The maximum absolute atomic E-state index is 6.07. The highest BCUT2D eigenvalue weighted by Gasteiger charge is 2.18. The summed E-state index contributed by atoms with van der Waals surface area (Å²) in [5.74, 6) is 3.84. The van der Waals surface area contributed by atoms with Crippen molar-refractivity contribution >= 4 is 34.4 Å². The van der Waals surface area contributed by atoms with Gasteiger partial charge in [-0.05, 0) is 11.6 Å². The van der Waals surface area contributed by atoms with E-state index in [9.17, 15) is 0 Å². The second-order valence-corrected chi connectivity index (χ2v) is 6.55. The monoisotopic (exact) mass is 311 g/mol. The van der Waals surface area contributed by atoms with Crippen LogP contribution < -0.4 is 10.6 Å². The van der Waals surface area contributed by atoms with E-state index in [1.165, 1.54) is 0 Å². The molecule has 3 heterocycles. The van der Waals surface area contributed by atoms with Gasteiger partial charge in [-0.25, -0.2) is 4.98 Å². The Morgan fingerprint density at radius 1 is 1.14 bits per heavy atom. The third kappa shape index (κ3) is 2.29. The van der Waals surface area contributed by atoms with E-state index in [2.05, 4.69) is 33.3 Å². The van der Waals surface area contributed by atoms with Gasteiger partial charge in [0.1, 0.15) is 11.6 Å². The first-order valence-electron chi connectivity index (χ1n) is 7.35. The highest BCUT2D eigenvalue weighted by atomic mass is 32.2. The molecule has 112 valence electrons. The van der Waals surface area contributed by atoms with Crippen LogP contribution in [0.25, 0.3) is 22.2 Å². The van der Waals surface area contributed by atoms with Gasteiger partial charge in [-0.2, -0.15) is 16.9 Å². The highest BCUT2D eigenvalue weighted by Crippen LogP contribution is 2.33. The number of hydrogen-bond donors (Lipinski definition) is 2. The molecule has 1 aromatic carbocycles. The fourth-order valence-corrected chi connectivity index (χ4v) is 3.74. The van der Waals surface area contributed by atoms with Crippen molar-refractivity contribution in [3.63, 3.8) is 0 Å². The second kappa shape index (κ2) is 5.53. The van der Waals surface area contributed by atoms with Gasteiger partial charge in [0.25, 0.3) is 0 Å². The molecule has 0 unspecified atom stereocenters. The molecule has 0 atom stereocenters. The van der Waals surface area contributed by atoms with Crippen LogP contribution in [0.2, 0.25) is 0 Å². The number of H-pyrrole nitrogens is 1. The zero-order valence-electron chi connectivity index (χ0n) is 12.1. The van der Waals surface area contributed by atoms with Gasteiger partial charge in [0.15, 0.2) is 5.65 Å². The summed E-state index contributed by atoms with van der Waals surface area (Å²) in [6.07, 6.45) is 0.